The summed E-state index contributed by atoms with van der Waals surface area (Å²) in [5.74, 6) is -0.903. The molecule has 0 aliphatic rings. The van der Waals surface area contributed by atoms with Gasteiger partial charge in [0, 0.05) is 0 Å². The van der Waals surface area contributed by atoms with E-state index < -0.39 is 20.7 Å². The summed E-state index contributed by atoms with van der Waals surface area (Å²) in [6, 6.07) is 7.37. The molecule has 1 aromatic carbocycles. The second-order valence-electron chi connectivity index (χ2n) is 2.55. The van der Waals surface area contributed by atoms with Gasteiger partial charge in [0.1, 0.15) is 0 Å². The molecular weight excluding hydrogens is 294 g/mol. The van der Waals surface area contributed by atoms with E-state index in [2.05, 4.69) is 0 Å². The van der Waals surface area contributed by atoms with Crippen LogP contribution in [-0.2, 0) is 19.5 Å². The summed E-state index contributed by atoms with van der Waals surface area (Å²) >= 11 is -1.92. The second kappa shape index (κ2) is 8.31. The summed E-state index contributed by atoms with van der Waals surface area (Å²) in [6.07, 6.45) is 1.20. The number of rotatable bonds is 2. The molecule has 0 amide bonds. The van der Waals surface area contributed by atoms with Crippen LogP contribution in [0.5, 0.6) is 0 Å². The summed E-state index contributed by atoms with van der Waals surface area (Å²) in [5, 5.41) is 8.44. The van der Waals surface area contributed by atoms with Crippen LogP contribution in [-0.4, -0.2) is 11.1 Å². The zero-order valence-corrected chi connectivity index (χ0v) is 11.7. The Bertz CT molecular complexity index is 315. The molecular formula is C9H9Cl3O2Ti. The summed E-state index contributed by atoms with van der Waals surface area (Å²) in [6.45, 7) is 1.88. The van der Waals surface area contributed by atoms with E-state index in [0.717, 1.165) is 11.1 Å². The third kappa shape index (κ3) is 9.10. The van der Waals surface area contributed by atoms with Gasteiger partial charge in [0.2, 0.25) is 0 Å². The third-order valence-electron chi connectivity index (χ3n) is 1.47. The SMILES string of the molecule is Cc1ccccc1[CH-]C(=O)O.[Cl][Ti+]([Cl])[Cl]. The van der Waals surface area contributed by atoms with Gasteiger partial charge in [-0.15, -0.1) is 12.1 Å². The molecule has 0 aliphatic heterocycles. The summed E-state index contributed by atoms with van der Waals surface area (Å²) in [4.78, 5) is 10.3. The Morgan fingerprint density at radius 2 is 1.80 bits per heavy atom. The number of carbonyl (C=O) groups is 1. The average Bonchev–Trinajstić information content (AvgIpc) is 2.07. The van der Waals surface area contributed by atoms with Gasteiger partial charge in [-0.1, -0.05) is 19.4 Å². The molecule has 82 valence electrons. The van der Waals surface area contributed by atoms with Crippen LogP contribution in [0.2, 0.25) is 0 Å². The number of benzene rings is 1. The van der Waals surface area contributed by atoms with Gasteiger partial charge in [-0.25, -0.2) is 0 Å². The molecule has 1 aromatic rings. The molecule has 0 atom stereocenters. The fourth-order valence-corrected chi connectivity index (χ4v) is 0.882. The van der Waals surface area contributed by atoms with E-state index in [0.29, 0.717) is 0 Å². The molecule has 0 aromatic heterocycles. The number of aryl methyl sites for hydroxylation is 1. The van der Waals surface area contributed by atoms with Crippen molar-refractivity contribution >= 4 is 33.9 Å². The molecule has 0 heterocycles. The van der Waals surface area contributed by atoms with Gasteiger partial charge in [0.25, 0.3) is 5.97 Å². The molecule has 2 nitrogen and oxygen atoms in total. The van der Waals surface area contributed by atoms with Crippen molar-refractivity contribution in [1.82, 2.24) is 0 Å². The predicted octanol–water partition coefficient (Wildman–Crippen LogP) is 3.70. The topological polar surface area (TPSA) is 37.3 Å². The Hall–Kier alpha value is 0.144. The van der Waals surface area contributed by atoms with Crippen molar-refractivity contribution in [3.05, 3.63) is 41.8 Å². The Morgan fingerprint density at radius 1 is 1.33 bits per heavy atom. The molecule has 0 unspecified atom stereocenters. The number of aliphatic carboxylic acids is 1. The normalized spacial score (nSPS) is 8.53. The molecule has 0 saturated heterocycles. The average molecular weight is 303 g/mol. The summed E-state index contributed by atoms with van der Waals surface area (Å²) in [5.41, 5.74) is 1.75. The van der Waals surface area contributed by atoms with Crippen molar-refractivity contribution in [1.29, 1.82) is 0 Å². The van der Waals surface area contributed by atoms with Gasteiger partial charge in [0.05, 0.1) is 0 Å². The second-order valence-corrected chi connectivity index (χ2v) is 10.3. The standard InChI is InChI=1S/C9H9O2.3ClH.Ti/c1-7-4-2-3-5-8(7)6-9(10)11;;;;/h2-6H,1H3,(H,10,11);3*1H;/q-1;;;;+4/p-3. The monoisotopic (exact) mass is 302 g/mol. The zero-order chi connectivity index (χ0) is 11.8. The van der Waals surface area contributed by atoms with E-state index in [-0.39, 0.29) is 0 Å². The molecule has 0 saturated carbocycles. The Labute approximate surface area is 107 Å². The first-order valence-electron chi connectivity index (χ1n) is 3.90. The quantitative estimate of drug-likeness (QED) is 0.668. The first-order chi connectivity index (χ1) is 6.93. The van der Waals surface area contributed by atoms with E-state index >= 15 is 0 Å². The number of hydrogen-bond acceptors (Lipinski definition) is 1. The van der Waals surface area contributed by atoms with Crippen LogP contribution in [0.3, 0.4) is 0 Å². The van der Waals surface area contributed by atoms with Gasteiger partial charge < -0.3 is 5.11 Å². The van der Waals surface area contributed by atoms with E-state index in [1.165, 1.54) is 6.42 Å². The Kier molecular flexibility index (Phi) is 8.39. The molecule has 0 aliphatic carbocycles. The van der Waals surface area contributed by atoms with Gasteiger partial charge in [-0.3, -0.25) is 4.79 Å². The van der Waals surface area contributed by atoms with Crippen LogP contribution in [0, 0.1) is 13.3 Å². The first-order valence-corrected chi connectivity index (χ1v) is 10.3. The van der Waals surface area contributed by atoms with Crippen molar-refractivity contribution < 1.29 is 24.6 Å². The van der Waals surface area contributed by atoms with Crippen LogP contribution in [0.25, 0.3) is 0 Å². The van der Waals surface area contributed by atoms with Crippen molar-refractivity contribution in [3.8, 4) is 0 Å². The molecule has 6 heteroatoms. The third-order valence-corrected chi connectivity index (χ3v) is 1.47. The van der Waals surface area contributed by atoms with Gasteiger partial charge in [-0.2, -0.15) is 17.2 Å². The number of carboxylic acids is 1. The van der Waals surface area contributed by atoms with Crippen LogP contribution >= 0.6 is 27.9 Å². The van der Waals surface area contributed by atoms with Crippen LogP contribution in [0.1, 0.15) is 11.1 Å². The van der Waals surface area contributed by atoms with Crippen LogP contribution in [0.4, 0.5) is 0 Å². The summed E-state index contributed by atoms with van der Waals surface area (Å²) in [7, 11) is 14.9. The minimum atomic E-state index is -1.92. The van der Waals surface area contributed by atoms with Crippen molar-refractivity contribution in [2.24, 2.45) is 0 Å². The number of halogens is 3. The number of carboxylic acid groups (broad SMARTS) is 1. The van der Waals surface area contributed by atoms with E-state index in [1.807, 2.05) is 25.1 Å². The molecule has 1 rings (SSSR count). The maximum atomic E-state index is 10.3. The maximum absolute atomic E-state index is 10.3. The van der Waals surface area contributed by atoms with Crippen molar-refractivity contribution in [3.63, 3.8) is 0 Å². The molecule has 0 bridgehead atoms. The minimum absolute atomic E-state index is 0.764. The van der Waals surface area contributed by atoms with E-state index in [9.17, 15) is 4.79 Å². The molecule has 15 heavy (non-hydrogen) atoms. The fourth-order valence-electron chi connectivity index (χ4n) is 0.882. The molecule has 0 fully saturated rings. The predicted molar refractivity (Wildman–Crippen MR) is 59.8 cm³/mol. The molecule has 0 radical (unpaired) electrons. The van der Waals surface area contributed by atoms with Crippen LogP contribution < -0.4 is 0 Å². The Morgan fingerprint density at radius 3 is 2.20 bits per heavy atom. The zero-order valence-electron chi connectivity index (χ0n) is 7.88. The number of hydrogen-bond donors (Lipinski definition) is 1. The van der Waals surface area contributed by atoms with E-state index in [4.69, 9.17) is 33.0 Å². The van der Waals surface area contributed by atoms with Crippen molar-refractivity contribution in [2.75, 3.05) is 0 Å². The summed E-state index contributed by atoms with van der Waals surface area (Å²) < 4.78 is 0. The van der Waals surface area contributed by atoms with Gasteiger partial charge in [-0.05, 0) is 0 Å². The van der Waals surface area contributed by atoms with Crippen molar-refractivity contribution in [2.45, 2.75) is 6.92 Å². The van der Waals surface area contributed by atoms with Gasteiger partial charge >= 0.3 is 42.6 Å². The molecule has 1 N–H and O–H groups in total. The Balaban J connectivity index is 0.000000423. The van der Waals surface area contributed by atoms with Gasteiger partial charge in [0.15, 0.2) is 0 Å². The molecule has 0 spiro atoms. The fraction of sp³-hybridized carbons (Fsp3) is 0.111. The van der Waals surface area contributed by atoms with Crippen LogP contribution in [0.15, 0.2) is 24.3 Å². The van der Waals surface area contributed by atoms with E-state index in [1.54, 1.807) is 6.07 Å². The first kappa shape index (κ1) is 15.1.